The summed E-state index contributed by atoms with van der Waals surface area (Å²) in [6.07, 6.45) is 3.18. The summed E-state index contributed by atoms with van der Waals surface area (Å²) in [6.45, 7) is 0.544. The normalized spacial score (nSPS) is 30.3. The molecule has 2 saturated carbocycles. The highest BCUT2D eigenvalue weighted by Crippen LogP contribution is 2.48. The van der Waals surface area contributed by atoms with E-state index in [1.165, 1.54) is 0 Å². The van der Waals surface area contributed by atoms with Crippen molar-refractivity contribution in [3.8, 4) is 6.07 Å². The van der Waals surface area contributed by atoms with Crippen molar-refractivity contribution in [1.82, 2.24) is 5.32 Å². The minimum atomic E-state index is -0.689. The number of benzene rings is 1. The molecule has 0 amide bonds. The lowest BCUT2D eigenvalue weighted by Crippen LogP contribution is -2.43. The summed E-state index contributed by atoms with van der Waals surface area (Å²) in [5.74, 6) is -0.179. The molecular formula is C16H17ClN2O2. The van der Waals surface area contributed by atoms with Gasteiger partial charge in [-0.3, -0.25) is 4.79 Å². The van der Waals surface area contributed by atoms with Gasteiger partial charge >= 0.3 is 5.97 Å². The summed E-state index contributed by atoms with van der Waals surface area (Å²) >= 11 is 6.16. The van der Waals surface area contributed by atoms with E-state index in [0.717, 1.165) is 24.8 Å². The maximum Gasteiger partial charge on any atom is 0.308 e. The molecule has 1 aromatic carbocycles. The van der Waals surface area contributed by atoms with Crippen molar-refractivity contribution in [2.45, 2.75) is 31.8 Å². The molecule has 4 atom stereocenters. The number of nitrogens with one attached hydrogen (secondary N) is 1. The Kier molecular flexibility index (Phi) is 3.88. The Balaban J connectivity index is 1.70. The zero-order valence-electron chi connectivity index (χ0n) is 11.6. The van der Waals surface area contributed by atoms with Gasteiger partial charge < -0.3 is 10.4 Å². The van der Waals surface area contributed by atoms with Crippen molar-refractivity contribution >= 4 is 17.6 Å². The summed E-state index contributed by atoms with van der Waals surface area (Å²) in [5, 5.41) is 22.2. The Bertz CT molecular complexity index is 611. The monoisotopic (exact) mass is 304 g/mol. The van der Waals surface area contributed by atoms with Gasteiger partial charge in [0.2, 0.25) is 0 Å². The van der Waals surface area contributed by atoms with E-state index in [-0.39, 0.29) is 12.0 Å². The molecule has 2 bridgehead atoms. The van der Waals surface area contributed by atoms with E-state index >= 15 is 0 Å². The van der Waals surface area contributed by atoms with E-state index in [1.807, 2.05) is 6.07 Å². The van der Waals surface area contributed by atoms with Crippen LogP contribution in [-0.2, 0) is 11.3 Å². The smallest absolute Gasteiger partial charge is 0.308 e. The molecule has 2 aliphatic rings. The van der Waals surface area contributed by atoms with Crippen molar-refractivity contribution in [3.05, 3.63) is 34.3 Å². The number of carboxylic acid groups (broad SMARTS) is 1. The average molecular weight is 305 g/mol. The second-order valence-electron chi connectivity index (χ2n) is 6.02. The third-order valence-electron chi connectivity index (χ3n) is 4.91. The van der Waals surface area contributed by atoms with Crippen LogP contribution in [0.1, 0.15) is 30.4 Å². The maximum atomic E-state index is 11.5. The molecule has 1 aromatic rings. The molecule has 4 nitrogen and oxygen atoms in total. The van der Waals surface area contributed by atoms with Gasteiger partial charge in [-0.25, -0.2) is 0 Å². The Morgan fingerprint density at radius 2 is 2.19 bits per heavy atom. The second kappa shape index (κ2) is 5.67. The Labute approximate surface area is 128 Å². The maximum absolute atomic E-state index is 11.5. The molecule has 2 aliphatic carbocycles. The SMILES string of the molecule is N#Cc1ccc(CNC2C3CCC(C3)C2C(=O)O)c(Cl)c1. The highest BCUT2D eigenvalue weighted by Gasteiger charge is 2.50. The molecule has 0 radical (unpaired) electrons. The highest BCUT2D eigenvalue weighted by atomic mass is 35.5. The third kappa shape index (κ3) is 2.64. The van der Waals surface area contributed by atoms with Crippen molar-refractivity contribution in [2.24, 2.45) is 17.8 Å². The van der Waals surface area contributed by atoms with Crippen LogP contribution in [0.4, 0.5) is 0 Å². The van der Waals surface area contributed by atoms with Gasteiger partial charge in [-0.05, 0) is 48.8 Å². The Morgan fingerprint density at radius 3 is 2.86 bits per heavy atom. The van der Waals surface area contributed by atoms with E-state index in [9.17, 15) is 9.90 Å². The predicted octanol–water partition coefficient (Wildman–Crippen LogP) is 2.80. The minimum absolute atomic E-state index is 0.0351. The molecule has 3 rings (SSSR count). The largest absolute Gasteiger partial charge is 0.481 e. The third-order valence-corrected chi connectivity index (χ3v) is 5.26. The van der Waals surface area contributed by atoms with Gasteiger partial charge in [0.05, 0.1) is 17.6 Å². The number of fused-ring (bicyclic) bond motifs is 2. The lowest BCUT2D eigenvalue weighted by atomic mass is 9.84. The number of carbonyl (C=O) groups is 1. The summed E-state index contributed by atoms with van der Waals surface area (Å²) in [4.78, 5) is 11.5. The average Bonchev–Trinajstić information content (AvgIpc) is 3.06. The fraction of sp³-hybridized carbons (Fsp3) is 0.500. The molecule has 0 heterocycles. The number of aliphatic carboxylic acids is 1. The van der Waals surface area contributed by atoms with E-state index < -0.39 is 5.97 Å². The number of carboxylic acids is 1. The Morgan fingerprint density at radius 1 is 1.43 bits per heavy atom. The summed E-state index contributed by atoms with van der Waals surface area (Å²) in [5.41, 5.74) is 1.44. The molecule has 4 unspecified atom stereocenters. The molecular weight excluding hydrogens is 288 g/mol. The van der Waals surface area contributed by atoms with Crippen LogP contribution in [0.2, 0.25) is 5.02 Å². The quantitative estimate of drug-likeness (QED) is 0.897. The van der Waals surface area contributed by atoms with Crippen molar-refractivity contribution < 1.29 is 9.90 Å². The first-order chi connectivity index (χ1) is 10.1. The fourth-order valence-corrected chi connectivity index (χ4v) is 4.18. The van der Waals surface area contributed by atoms with Gasteiger partial charge in [0.15, 0.2) is 0 Å². The number of rotatable bonds is 4. The van der Waals surface area contributed by atoms with Crippen LogP contribution < -0.4 is 5.32 Å². The van der Waals surface area contributed by atoms with Crippen molar-refractivity contribution in [2.75, 3.05) is 0 Å². The van der Waals surface area contributed by atoms with Gasteiger partial charge in [0.1, 0.15) is 0 Å². The van der Waals surface area contributed by atoms with E-state index in [1.54, 1.807) is 12.1 Å². The van der Waals surface area contributed by atoms with Crippen LogP contribution in [0.25, 0.3) is 0 Å². The number of hydrogen-bond acceptors (Lipinski definition) is 3. The summed E-state index contributed by atoms with van der Waals surface area (Å²) < 4.78 is 0. The predicted molar refractivity (Wildman–Crippen MR) is 78.8 cm³/mol. The van der Waals surface area contributed by atoms with Gasteiger partial charge in [0.25, 0.3) is 0 Å². The number of nitrogens with zero attached hydrogens (tertiary/aromatic N) is 1. The summed E-state index contributed by atoms with van der Waals surface area (Å²) in [6, 6.07) is 7.30. The minimum Gasteiger partial charge on any atom is -0.481 e. The van der Waals surface area contributed by atoms with Crippen LogP contribution >= 0.6 is 11.6 Å². The zero-order chi connectivity index (χ0) is 15.0. The first-order valence-electron chi connectivity index (χ1n) is 7.25. The second-order valence-corrected chi connectivity index (χ2v) is 6.43. The van der Waals surface area contributed by atoms with E-state index in [0.29, 0.717) is 29.0 Å². The lowest BCUT2D eigenvalue weighted by Gasteiger charge is -2.29. The van der Waals surface area contributed by atoms with Crippen LogP contribution in [0.15, 0.2) is 18.2 Å². The van der Waals surface area contributed by atoms with E-state index in [4.69, 9.17) is 16.9 Å². The van der Waals surface area contributed by atoms with Gasteiger partial charge in [-0.15, -0.1) is 0 Å². The molecule has 5 heteroatoms. The lowest BCUT2D eigenvalue weighted by molar-refractivity contribution is -0.144. The molecule has 0 aromatic heterocycles. The molecule has 2 N–H and O–H groups in total. The first kappa shape index (κ1) is 14.4. The number of hydrogen-bond donors (Lipinski definition) is 2. The van der Waals surface area contributed by atoms with Crippen molar-refractivity contribution in [3.63, 3.8) is 0 Å². The van der Waals surface area contributed by atoms with Crippen molar-refractivity contribution in [1.29, 1.82) is 5.26 Å². The van der Waals surface area contributed by atoms with E-state index in [2.05, 4.69) is 11.4 Å². The van der Waals surface area contributed by atoms with Crippen LogP contribution in [0.5, 0.6) is 0 Å². The molecule has 110 valence electrons. The fourth-order valence-electron chi connectivity index (χ4n) is 3.93. The highest BCUT2D eigenvalue weighted by molar-refractivity contribution is 6.31. The van der Waals surface area contributed by atoms with Crippen LogP contribution in [0.3, 0.4) is 0 Å². The molecule has 0 saturated heterocycles. The number of nitriles is 1. The van der Waals surface area contributed by atoms with Gasteiger partial charge in [0, 0.05) is 17.6 Å². The van der Waals surface area contributed by atoms with Gasteiger partial charge in [-0.2, -0.15) is 5.26 Å². The standard InChI is InChI=1S/C16H17ClN2O2/c17-13-5-9(7-18)1-2-12(13)8-19-15-11-4-3-10(6-11)14(15)16(20)21/h1-2,5,10-11,14-15,19H,3-4,6,8H2,(H,20,21). The van der Waals surface area contributed by atoms with Crippen LogP contribution in [-0.4, -0.2) is 17.1 Å². The Hall–Kier alpha value is -1.57. The van der Waals surface area contributed by atoms with Gasteiger partial charge in [-0.1, -0.05) is 17.7 Å². The molecule has 2 fully saturated rings. The molecule has 21 heavy (non-hydrogen) atoms. The van der Waals surface area contributed by atoms with Crippen LogP contribution in [0, 0.1) is 29.1 Å². The number of halogens is 1. The zero-order valence-corrected chi connectivity index (χ0v) is 12.3. The molecule has 0 aliphatic heterocycles. The first-order valence-corrected chi connectivity index (χ1v) is 7.62. The topological polar surface area (TPSA) is 73.1 Å². The summed E-state index contributed by atoms with van der Waals surface area (Å²) in [7, 11) is 0. The molecule has 0 spiro atoms.